The zero-order valence-electron chi connectivity index (χ0n) is 32.2. The first-order chi connectivity index (χ1) is 27.7. The topological polar surface area (TPSA) is 174 Å². The molecule has 2 aliphatic heterocycles. The summed E-state index contributed by atoms with van der Waals surface area (Å²) in [4.78, 5) is 41.7. The molecule has 0 amide bonds. The molecule has 31 heteroatoms. The van der Waals surface area contributed by atoms with Gasteiger partial charge in [-0.25, -0.2) is 17.2 Å². The maximum Gasteiger partial charge on any atom is 3.00 e. The van der Waals surface area contributed by atoms with E-state index in [0.717, 1.165) is 0 Å². The number of halogens is 15. The van der Waals surface area contributed by atoms with E-state index in [0.29, 0.717) is 25.8 Å². The van der Waals surface area contributed by atoms with Crippen LogP contribution in [0.5, 0.6) is 0 Å². The molecule has 0 aliphatic carbocycles. The summed E-state index contributed by atoms with van der Waals surface area (Å²) in [6, 6.07) is 0. The molecule has 0 spiro atoms. The molecule has 2 heterocycles. The smallest absolute Gasteiger partial charge is 0.549 e. The summed E-state index contributed by atoms with van der Waals surface area (Å²) in [5.41, 5.74) is 0. The number of carboxylic acids is 3. The predicted molar refractivity (Wildman–Crippen MR) is 172 cm³/mol. The summed E-state index contributed by atoms with van der Waals surface area (Å²) in [7, 11) is -7.07. The van der Waals surface area contributed by atoms with E-state index in [4.69, 9.17) is 0 Å². The molecule has 14 nitrogen and oxygen atoms in total. The molecule has 2 rings (SSSR count). The van der Waals surface area contributed by atoms with Gasteiger partial charge < -0.3 is 39.5 Å². The third kappa shape index (κ3) is 14.7. The number of unbranched alkanes of at least 4 members (excludes halogenated alkanes) is 2. The number of rotatable bonds is 20. The van der Waals surface area contributed by atoms with Crippen LogP contribution in [0.25, 0.3) is 0 Å². The summed E-state index contributed by atoms with van der Waals surface area (Å²) in [6.07, 6.45) is -19.0. The molecular formula is C31H42F15GdN6O8S. The molecule has 0 aromatic carbocycles. The Morgan fingerprint density at radius 3 is 1.08 bits per heavy atom. The molecule has 1 radical (unpaired) electrons. The largest absolute Gasteiger partial charge is 3.00 e. The molecule has 0 aromatic rings. The van der Waals surface area contributed by atoms with Crippen molar-refractivity contribution in [3.63, 3.8) is 0 Å². The van der Waals surface area contributed by atoms with Gasteiger partial charge >= 0.3 is 75.1 Å². The molecule has 2 fully saturated rings. The zero-order chi connectivity index (χ0) is 47.0. The van der Waals surface area contributed by atoms with Crippen molar-refractivity contribution in [1.82, 2.24) is 28.8 Å². The third-order valence-electron chi connectivity index (χ3n) is 9.91. The molecular weight excluding hydrogens is 1060 g/mol. The van der Waals surface area contributed by atoms with Crippen LogP contribution in [0.1, 0.15) is 19.3 Å². The van der Waals surface area contributed by atoms with Crippen LogP contribution in [0.2, 0.25) is 0 Å². The van der Waals surface area contributed by atoms with E-state index in [2.05, 4.69) is 0 Å². The SMILES string of the molecule is O=C([O-])CN1CCN(CCCCCN2CCN(S(=O)(=O)C(F)(F)C(F)(F)C(F)(F)C(F)C(F)(F)C(F)C(F)(F)C(F)(F)F)CC2)CCN(CC(=O)[O-])CCN(CC(=O)[O-])CC1.[Gd+3]. The van der Waals surface area contributed by atoms with Gasteiger partial charge in [-0.05, 0) is 25.9 Å². The maximum absolute atomic E-state index is 14.7. The van der Waals surface area contributed by atoms with Crippen LogP contribution in [-0.2, 0) is 24.4 Å². The van der Waals surface area contributed by atoms with Crippen LogP contribution in [0, 0.1) is 39.9 Å². The number of piperazine rings is 1. The van der Waals surface area contributed by atoms with E-state index in [1.54, 1.807) is 0 Å². The normalized spacial score (nSPS) is 20.4. The Kier molecular flexibility index (Phi) is 21.9. The minimum absolute atomic E-state index is 0. The van der Waals surface area contributed by atoms with E-state index in [1.807, 2.05) is 4.90 Å². The number of nitrogens with zero attached hydrogens (tertiary/aromatic N) is 6. The molecule has 2 atom stereocenters. The van der Waals surface area contributed by atoms with E-state index in [-0.39, 0.29) is 98.8 Å². The first-order valence-corrected chi connectivity index (χ1v) is 19.6. The summed E-state index contributed by atoms with van der Waals surface area (Å²) < 4.78 is 229. The van der Waals surface area contributed by atoms with Crippen molar-refractivity contribution in [2.45, 2.75) is 66.7 Å². The number of carbonyl (C=O) groups excluding carboxylic acids is 3. The minimum Gasteiger partial charge on any atom is -0.549 e. The molecule has 0 bridgehead atoms. The van der Waals surface area contributed by atoms with Crippen molar-refractivity contribution < 1.29 is 144 Å². The van der Waals surface area contributed by atoms with Gasteiger partial charge in [-0.3, -0.25) is 14.7 Å². The van der Waals surface area contributed by atoms with Gasteiger partial charge in [0, 0.05) is 98.2 Å². The molecule has 2 saturated heterocycles. The fourth-order valence-electron chi connectivity index (χ4n) is 6.30. The second-order valence-electron chi connectivity index (χ2n) is 14.3. The predicted octanol–water partition coefficient (Wildman–Crippen LogP) is -1.05. The van der Waals surface area contributed by atoms with Crippen LogP contribution in [0.4, 0.5) is 65.9 Å². The van der Waals surface area contributed by atoms with Crippen LogP contribution >= 0.6 is 0 Å². The Hall–Kier alpha value is -1.61. The third-order valence-corrected chi connectivity index (χ3v) is 11.9. The number of sulfonamides is 1. The maximum atomic E-state index is 14.7. The van der Waals surface area contributed by atoms with Gasteiger partial charge in [0.05, 0.1) is 17.9 Å². The average molecular weight is 1100 g/mol. The minimum atomic E-state index is -7.78. The Morgan fingerprint density at radius 2 is 0.774 bits per heavy atom. The zero-order valence-corrected chi connectivity index (χ0v) is 35.3. The summed E-state index contributed by atoms with van der Waals surface area (Å²) in [5, 5.41) is 26.7. The number of alkyl halides is 15. The van der Waals surface area contributed by atoms with Crippen molar-refractivity contribution in [2.75, 3.05) is 111 Å². The van der Waals surface area contributed by atoms with Gasteiger partial charge in [-0.15, -0.1) is 0 Å². The molecule has 0 aromatic heterocycles. The number of hydrogen-bond acceptors (Lipinski definition) is 13. The van der Waals surface area contributed by atoms with Crippen molar-refractivity contribution in [3.8, 4) is 0 Å². The molecule has 363 valence electrons. The van der Waals surface area contributed by atoms with Crippen LogP contribution in [0.15, 0.2) is 0 Å². The van der Waals surface area contributed by atoms with E-state index < -0.39 is 126 Å². The van der Waals surface area contributed by atoms with Gasteiger partial charge in [0.15, 0.2) is 0 Å². The van der Waals surface area contributed by atoms with Gasteiger partial charge in [0.1, 0.15) is 0 Å². The molecule has 0 N–H and O–H groups in total. The first-order valence-electron chi connectivity index (χ1n) is 18.2. The molecule has 2 unspecified atom stereocenters. The van der Waals surface area contributed by atoms with E-state index in [9.17, 15) is 104 Å². The van der Waals surface area contributed by atoms with Crippen LogP contribution in [-0.4, -0.2) is 214 Å². The Balaban J connectivity index is 0.0000192. The number of carbonyl (C=O) groups is 3. The Labute approximate surface area is 377 Å². The standard InChI is InChI=1S/C31H45F15N6O8S.Gd/c32-24(26(34,35)25(33)28(38,39)30(42,43)44)27(36,37)29(40,41)31(45,46)61(59,60)52-16-14-48(15-17-52)5-3-1-2-4-47-6-8-49(18-21(53)54)10-12-51(20-23(57)58)13-11-50(9-7-47)19-22(55)56;/h24-25H,1-20H2,(H,53,54)(H,55,56)(H,57,58);/q;+3/p-3. The van der Waals surface area contributed by atoms with Crippen molar-refractivity contribution >= 4 is 27.9 Å². The van der Waals surface area contributed by atoms with Crippen molar-refractivity contribution in [2.24, 2.45) is 0 Å². The summed E-state index contributed by atoms with van der Waals surface area (Å²) >= 11 is 0. The fraction of sp³-hybridized carbons (Fsp3) is 0.903. The first kappa shape index (κ1) is 58.4. The Morgan fingerprint density at radius 1 is 0.484 bits per heavy atom. The van der Waals surface area contributed by atoms with Gasteiger partial charge in [0.25, 0.3) is 10.0 Å². The summed E-state index contributed by atoms with van der Waals surface area (Å²) in [6.45, 7) is -3.03. The summed E-state index contributed by atoms with van der Waals surface area (Å²) in [5.74, 6) is -34.5. The van der Waals surface area contributed by atoms with Gasteiger partial charge in [0.2, 0.25) is 12.3 Å². The number of carboxylic acid groups (broad SMARTS) is 3. The molecule has 0 saturated carbocycles. The van der Waals surface area contributed by atoms with Crippen molar-refractivity contribution in [1.29, 1.82) is 0 Å². The average Bonchev–Trinajstić information content (AvgIpc) is 3.13. The second kappa shape index (κ2) is 23.2. The van der Waals surface area contributed by atoms with Gasteiger partial charge in [-0.2, -0.15) is 61.4 Å². The molecule has 2 aliphatic rings. The molecule has 62 heavy (non-hydrogen) atoms. The van der Waals surface area contributed by atoms with Gasteiger partial charge in [-0.1, -0.05) is 6.42 Å². The Bertz CT molecular complexity index is 1550. The second-order valence-corrected chi connectivity index (χ2v) is 16.3. The number of aliphatic carboxylic acids is 3. The van der Waals surface area contributed by atoms with E-state index in [1.165, 1.54) is 19.6 Å². The number of hydrogen-bond donors (Lipinski definition) is 0. The fourth-order valence-corrected chi connectivity index (χ4v) is 7.73. The quantitative estimate of drug-likeness (QED) is 0.107. The van der Waals surface area contributed by atoms with Crippen LogP contribution < -0.4 is 15.3 Å². The van der Waals surface area contributed by atoms with Crippen molar-refractivity contribution in [3.05, 3.63) is 0 Å². The van der Waals surface area contributed by atoms with E-state index >= 15 is 0 Å². The van der Waals surface area contributed by atoms with Crippen LogP contribution in [0.3, 0.4) is 0 Å². The monoisotopic (exact) mass is 1100 g/mol.